The summed E-state index contributed by atoms with van der Waals surface area (Å²) in [4.78, 5) is 28.9. The van der Waals surface area contributed by atoms with Gasteiger partial charge < -0.3 is 4.90 Å². The van der Waals surface area contributed by atoms with Crippen molar-refractivity contribution in [2.75, 3.05) is 6.54 Å². The second-order valence-electron chi connectivity index (χ2n) is 9.29. The van der Waals surface area contributed by atoms with Gasteiger partial charge in [-0.15, -0.1) is 0 Å². The molecule has 8 heteroatoms. The highest BCUT2D eigenvalue weighted by atomic mass is 35.5. The topological polar surface area (TPSA) is 83.6 Å². The van der Waals surface area contributed by atoms with Crippen molar-refractivity contribution in [2.24, 2.45) is 0 Å². The lowest BCUT2D eigenvalue weighted by Gasteiger charge is -2.40. The zero-order valence-corrected chi connectivity index (χ0v) is 22.3. The van der Waals surface area contributed by atoms with Gasteiger partial charge in [0.25, 0.3) is 5.91 Å². The molecular formula is C29H31ClN2O4S. The Morgan fingerprint density at radius 3 is 2.19 bits per heavy atom. The Morgan fingerprint density at radius 1 is 0.892 bits per heavy atom. The maximum absolute atomic E-state index is 13.9. The minimum atomic E-state index is -3.61. The second-order valence-corrected chi connectivity index (χ2v) is 11.5. The first-order chi connectivity index (χ1) is 17.8. The summed E-state index contributed by atoms with van der Waals surface area (Å²) in [6.45, 7) is 2.27. The van der Waals surface area contributed by atoms with Crippen LogP contribution in [0, 0.1) is 0 Å². The molecule has 37 heavy (non-hydrogen) atoms. The summed E-state index contributed by atoms with van der Waals surface area (Å²) in [5, 5.41) is 0.524. The number of amides is 1. The summed E-state index contributed by atoms with van der Waals surface area (Å²) >= 11 is 5.97. The summed E-state index contributed by atoms with van der Waals surface area (Å²) in [6, 6.07) is 21.7. The van der Waals surface area contributed by atoms with Crippen LogP contribution in [0.3, 0.4) is 0 Å². The zero-order valence-electron chi connectivity index (χ0n) is 20.8. The fourth-order valence-corrected chi connectivity index (χ4v) is 6.57. The Morgan fingerprint density at radius 2 is 1.51 bits per heavy atom. The number of nitrogens with one attached hydrogen (secondary N) is 1. The highest BCUT2D eigenvalue weighted by Gasteiger charge is 2.35. The van der Waals surface area contributed by atoms with E-state index in [1.807, 2.05) is 25.1 Å². The van der Waals surface area contributed by atoms with Crippen molar-refractivity contribution < 1.29 is 18.0 Å². The molecule has 6 nitrogen and oxygen atoms in total. The summed E-state index contributed by atoms with van der Waals surface area (Å²) in [5.74, 6) is -0.657. The molecule has 1 N–H and O–H groups in total. The molecule has 1 saturated carbocycles. The molecular weight excluding hydrogens is 508 g/mol. The van der Waals surface area contributed by atoms with E-state index >= 15 is 0 Å². The lowest BCUT2D eigenvalue weighted by atomic mass is 9.89. The molecule has 0 heterocycles. The third kappa shape index (κ3) is 6.66. The molecule has 1 amide bonds. The van der Waals surface area contributed by atoms with Crippen molar-refractivity contribution in [3.05, 3.63) is 106 Å². The molecule has 2 unspecified atom stereocenters. The molecule has 0 saturated heterocycles. The Balaban J connectivity index is 1.58. The molecule has 1 aliphatic carbocycles. The van der Waals surface area contributed by atoms with Gasteiger partial charge in [-0.05, 0) is 55.7 Å². The van der Waals surface area contributed by atoms with Gasteiger partial charge in [-0.3, -0.25) is 9.59 Å². The third-order valence-electron chi connectivity index (χ3n) is 6.77. The van der Waals surface area contributed by atoms with Gasteiger partial charge in [0.05, 0.1) is 11.3 Å². The van der Waals surface area contributed by atoms with Crippen molar-refractivity contribution in [1.29, 1.82) is 0 Å². The van der Waals surface area contributed by atoms with E-state index in [1.165, 1.54) is 0 Å². The van der Waals surface area contributed by atoms with E-state index in [0.29, 0.717) is 46.7 Å². The van der Waals surface area contributed by atoms with E-state index in [-0.39, 0.29) is 23.5 Å². The molecule has 0 radical (unpaired) electrons. The predicted molar refractivity (Wildman–Crippen MR) is 146 cm³/mol. The summed E-state index contributed by atoms with van der Waals surface area (Å²) < 4.78 is 28.9. The Hall–Kier alpha value is -3.00. The van der Waals surface area contributed by atoms with Crippen LogP contribution in [-0.4, -0.2) is 43.6 Å². The molecule has 0 bridgehead atoms. The number of nitrogens with zero attached hydrogens (tertiary/aromatic N) is 1. The number of rotatable bonds is 9. The summed E-state index contributed by atoms with van der Waals surface area (Å²) in [6.07, 6.45) is 3.11. The lowest BCUT2D eigenvalue weighted by Crippen LogP contribution is -2.55. The Bertz CT molecular complexity index is 1340. The number of halogens is 1. The number of hydrogen-bond donors (Lipinski definition) is 1. The van der Waals surface area contributed by atoms with E-state index in [1.54, 1.807) is 65.6 Å². The number of sulfonamides is 1. The number of carbonyl (C=O) groups is 2. The molecule has 1 aliphatic rings. The number of hydrogen-bond acceptors (Lipinski definition) is 4. The average Bonchev–Trinajstić information content (AvgIpc) is 2.90. The van der Waals surface area contributed by atoms with Crippen LogP contribution in [0.5, 0.6) is 0 Å². The van der Waals surface area contributed by atoms with Crippen LogP contribution in [0.4, 0.5) is 0 Å². The van der Waals surface area contributed by atoms with Gasteiger partial charge in [-0.1, -0.05) is 73.0 Å². The monoisotopic (exact) mass is 538 g/mol. The molecule has 0 aliphatic heterocycles. The second kappa shape index (κ2) is 12.0. The molecule has 1 fully saturated rings. The van der Waals surface area contributed by atoms with Crippen LogP contribution in [0.25, 0.3) is 0 Å². The van der Waals surface area contributed by atoms with Gasteiger partial charge in [-0.2, -0.15) is 0 Å². The Kier molecular flexibility index (Phi) is 8.79. The minimum Gasteiger partial charge on any atom is -0.334 e. The van der Waals surface area contributed by atoms with E-state index in [0.717, 1.165) is 12.8 Å². The van der Waals surface area contributed by atoms with Gasteiger partial charge in [-0.25, -0.2) is 13.1 Å². The van der Waals surface area contributed by atoms with E-state index in [9.17, 15) is 18.0 Å². The van der Waals surface area contributed by atoms with Gasteiger partial charge in [0.2, 0.25) is 10.0 Å². The largest absolute Gasteiger partial charge is 0.334 e. The maximum Gasteiger partial charge on any atom is 0.254 e. The molecule has 3 aromatic carbocycles. The number of likely N-dealkylation sites (N-methyl/N-ethyl adjacent to an activating group) is 1. The van der Waals surface area contributed by atoms with Crippen molar-refractivity contribution >= 4 is 33.3 Å². The quantitative estimate of drug-likeness (QED) is 0.366. The third-order valence-corrected chi connectivity index (χ3v) is 8.40. The molecule has 0 spiro atoms. The average molecular weight is 539 g/mol. The standard InChI is InChI=1S/C29H31ClN2O4S/c1-2-32(27-15-9-8-14-26(27)31-37(35,36)20-21-10-4-3-5-11-21)29(34)25-13-7-6-12-24(25)28(33)22-16-18-23(30)19-17-22/h3-7,10-13,16-19,26-27,31H,2,8-9,14-15,20H2,1H3. The SMILES string of the molecule is CCN(C(=O)c1ccccc1C(=O)c1ccc(Cl)cc1)C1CCCCC1NS(=O)(=O)Cc1ccccc1. The van der Waals surface area contributed by atoms with Gasteiger partial charge in [0.15, 0.2) is 5.78 Å². The fraction of sp³-hybridized carbons (Fsp3) is 0.310. The van der Waals surface area contributed by atoms with Gasteiger partial charge >= 0.3 is 0 Å². The summed E-state index contributed by atoms with van der Waals surface area (Å²) in [5.41, 5.74) is 1.77. The lowest BCUT2D eigenvalue weighted by molar-refractivity contribution is 0.0606. The molecule has 0 aromatic heterocycles. The molecule has 3 aromatic rings. The zero-order chi connectivity index (χ0) is 26.4. The predicted octanol–water partition coefficient (Wildman–Crippen LogP) is 5.46. The van der Waals surface area contributed by atoms with E-state index in [4.69, 9.17) is 11.6 Å². The molecule has 194 valence electrons. The smallest absolute Gasteiger partial charge is 0.254 e. The van der Waals surface area contributed by atoms with Crippen LogP contribution in [0.2, 0.25) is 5.02 Å². The normalized spacial score (nSPS) is 17.8. The highest BCUT2D eigenvalue weighted by molar-refractivity contribution is 7.88. The summed E-state index contributed by atoms with van der Waals surface area (Å²) in [7, 11) is -3.61. The van der Waals surface area contributed by atoms with Crippen LogP contribution >= 0.6 is 11.6 Å². The highest BCUT2D eigenvalue weighted by Crippen LogP contribution is 2.27. The van der Waals surface area contributed by atoms with Crippen LogP contribution in [-0.2, 0) is 15.8 Å². The van der Waals surface area contributed by atoms with Crippen molar-refractivity contribution in [3.63, 3.8) is 0 Å². The van der Waals surface area contributed by atoms with Crippen LogP contribution < -0.4 is 4.72 Å². The number of ketones is 1. The first kappa shape index (κ1) is 27.0. The van der Waals surface area contributed by atoms with Crippen LogP contribution in [0.1, 0.15) is 64.4 Å². The van der Waals surface area contributed by atoms with Crippen molar-refractivity contribution in [2.45, 2.75) is 50.4 Å². The molecule has 4 rings (SSSR count). The van der Waals surface area contributed by atoms with Gasteiger partial charge in [0.1, 0.15) is 0 Å². The molecule has 2 atom stereocenters. The maximum atomic E-state index is 13.9. The minimum absolute atomic E-state index is 0.116. The Labute approximate surface area is 223 Å². The fourth-order valence-electron chi connectivity index (χ4n) is 5.00. The van der Waals surface area contributed by atoms with Crippen LogP contribution in [0.15, 0.2) is 78.9 Å². The van der Waals surface area contributed by atoms with E-state index in [2.05, 4.69) is 4.72 Å². The van der Waals surface area contributed by atoms with Crippen molar-refractivity contribution in [1.82, 2.24) is 9.62 Å². The van der Waals surface area contributed by atoms with Gasteiger partial charge in [0, 0.05) is 34.8 Å². The number of carbonyl (C=O) groups excluding carboxylic acids is 2. The first-order valence-corrected chi connectivity index (χ1v) is 14.6. The number of benzene rings is 3. The first-order valence-electron chi connectivity index (χ1n) is 12.5. The van der Waals surface area contributed by atoms with Crippen molar-refractivity contribution in [3.8, 4) is 0 Å². The van der Waals surface area contributed by atoms with E-state index < -0.39 is 16.1 Å².